The molecule has 0 aliphatic carbocycles. The van der Waals surface area contributed by atoms with Crippen molar-refractivity contribution in [3.05, 3.63) is 54.1 Å². The maximum Gasteiger partial charge on any atom is 0.277 e. The molecule has 0 atom stereocenters. The lowest BCUT2D eigenvalue weighted by molar-refractivity contribution is -0.123. The van der Waals surface area contributed by atoms with Crippen LogP contribution in [0.5, 0.6) is 17.2 Å². The van der Waals surface area contributed by atoms with Crippen molar-refractivity contribution in [3.8, 4) is 17.2 Å². The molecule has 6 heteroatoms. The van der Waals surface area contributed by atoms with Gasteiger partial charge in [0.15, 0.2) is 6.61 Å². The Morgan fingerprint density at radius 2 is 1.77 bits per heavy atom. The minimum atomic E-state index is -0.348. The third-order valence-electron chi connectivity index (χ3n) is 3.49. The second-order valence-electron chi connectivity index (χ2n) is 5.50. The number of unbranched alkanes of at least 4 members (excludes halogenated alkanes) is 1. The van der Waals surface area contributed by atoms with E-state index in [4.69, 9.17) is 14.2 Å². The molecule has 1 N–H and O–H groups in total. The number of hydrazone groups is 1. The summed E-state index contributed by atoms with van der Waals surface area (Å²) in [5, 5.41) is 3.91. The van der Waals surface area contributed by atoms with Gasteiger partial charge in [-0.2, -0.15) is 5.10 Å². The molecule has 6 nitrogen and oxygen atoms in total. The summed E-state index contributed by atoms with van der Waals surface area (Å²) in [6.45, 7) is 2.69. The van der Waals surface area contributed by atoms with Crippen molar-refractivity contribution in [1.82, 2.24) is 5.43 Å². The molecule has 2 aromatic rings. The van der Waals surface area contributed by atoms with Gasteiger partial charge in [-0.05, 0) is 42.8 Å². The van der Waals surface area contributed by atoms with Gasteiger partial charge < -0.3 is 14.2 Å². The topological polar surface area (TPSA) is 69.2 Å². The number of nitrogens with zero attached hydrogens (tertiary/aromatic N) is 1. The molecule has 0 saturated carbocycles. The third kappa shape index (κ3) is 6.47. The van der Waals surface area contributed by atoms with Gasteiger partial charge in [0.1, 0.15) is 17.2 Å². The largest absolute Gasteiger partial charge is 0.496 e. The molecule has 1 amide bonds. The van der Waals surface area contributed by atoms with Crippen LogP contribution in [0, 0.1) is 0 Å². The SMILES string of the molecule is CCCCOc1ccc(OCC(=O)N/N=C/c2ccccc2OC)cc1. The van der Waals surface area contributed by atoms with Crippen LogP contribution in [0.3, 0.4) is 0 Å². The summed E-state index contributed by atoms with van der Waals surface area (Å²) >= 11 is 0. The van der Waals surface area contributed by atoms with E-state index < -0.39 is 0 Å². The van der Waals surface area contributed by atoms with Gasteiger partial charge in [-0.15, -0.1) is 0 Å². The first-order valence-corrected chi connectivity index (χ1v) is 8.53. The summed E-state index contributed by atoms with van der Waals surface area (Å²) in [7, 11) is 1.58. The molecular formula is C20H24N2O4. The van der Waals surface area contributed by atoms with Crippen LogP contribution in [0.1, 0.15) is 25.3 Å². The molecule has 0 radical (unpaired) electrons. The highest BCUT2D eigenvalue weighted by Crippen LogP contribution is 2.18. The number of carbonyl (C=O) groups excluding carboxylic acids is 1. The molecule has 0 bridgehead atoms. The fourth-order valence-corrected chi connectivity index (χ4v) is 2.09. The first-order valence-electron chi connectivity index (χ1n) is 8.53. The molecule has 26 heavy (non-hydrogen) atoms. The number of ether oxygens (including phenoxy) is 3. The van der Waals surface area contributed by atoms with Crippen LogP contribution in [0.4, 0.5) is 0 Å². The second kappa shape index (κ2) is 10.8. The van der Waals surface area contributed by atoms with Gasteiger partial charge in [-0.3, -0.25) is 4.79 Å². The number of methoxy groups -OCH3 is 1. The summed E-state index contributed by atoms with van der Waals surface area (Å²) < 4.78 is 16.2. The Bertz CT molecular complexity index is 714. The predicted octanol–water partition coefficient (Wildman–Crippen LogP) is 3.40. The molecule has 138 valence electrons. The van der Waals surface area contributed by atoms with Crippen molar-refractivity contribution in [2.45, 2.75) is 19.8 Å². The molecule has 2 rings (SSSR count). The van der Waals surface area contributed by atoms with Gasteiger partial charge >= 0.3 is 0 Å². The first kappa shape index (κ1) is 19.3. The summed E-state index contributed by atoms with van der Waals surface area (Å²) in [6, 6.07) is 14.6. The fraction of sp³-hybridized carbons (Fsp3) is 0.300. The molecule has 0 unspecified atom stereocenters. The summed E-state index contributed by atoms with van der Waals surface area (Å²) in [4.78, 5) is 11.8. The van der Waals surface area contributed by atoms with Crippen LogP contribution < -0.4 is 19.6 Å². The molecule has 0 heterocycles. The smallest absolute Gasteiger partial charge is 0.277 e. The van der Waals surface area contributed by atoms with E-state index in [0.717, 1.165) is 24.2 Å². The Kier molecular flexibility index (Phi) is 7.99. The van der Waals surface area contributed by atoms with E-state index >= 15 is 0 Å². The van der Waals surface area contributed by atoms with Gasteiger partial charge in [0.2, 0.25) is 0 Å². The standard InChI is InChI=1S/C20H24N2O4/c1-3-4-13-25-17-9-11-18(12-10-17)26-15-20(23)22-21-14-16-7-5-6-8-19(16)24-2/h5-12,14H,3-4,13,15H2,1-2H3,(H,22,23)/b21-14+. The number of hydrogen-bond donors (Lipinski definition) is 1. The van der Waals surface area contributed by atoms with Gasteiger partial charge in [0, 0.05) is 5.56 Å². The Balaban J connectivity index is 1.75. The number of rotatable bonds is 10. The summed E-state index contributed by atoms with van der Waals surface area (Å²) in [5.41, 5.74) is 3.20. The third-order valence-corrected chi connectivity index (χ3v) is 3.49. The average molecular weight is 356 g/mol. The monoisotopic (exact) mass is 356 g/mol. The van der Waals surface area contributed by atoms with Crippen molar-refractivity contribution >= 4 is 12.1 Å². The van der Waals surface area contributed by atoms with E-state index in [1.54, 1.807) is 19.2 Å². The van der Waals surface area contributed by atoms with E-state index in [-0.39, 0.29) is 12.5 Å². The van der Waals surface area contributed by atoms with Crippen LogP contribution in [0.25, 0.3) is 0 Å². The van der Waals surface area contributed by atoms with Crippen LogP contribution >= 0.6 is 0 Å². The van der Waals surface area contributed by atoms with Crippen molar-refractivity contribution < 1.29 is 19.0 Å². The fourth-order valence-electron chi connectivity index (χ4n) is 2.09. The highest BCUT2D eigenvalue weighted by molar-refractivity contribution is 5.85. The summed E-state index contributed by atoms with van der Waals surface area (Å²) in [5.74, 6) is 1.72. The Labute approximate surface area is 153 Å². The van der Waals surface area contributed by atoms with E-state index in [0.29, 0.717) is 18.1 Å². The molecular weight excluding hydrogens is 332 g/mol. The van der Waals surface area contributed by atoms with Crippen LogP contribution in [0.2, 0.25) is 0 Å². The van der Waals surface area contributed by atoms with Gasteiger partial charge in [-0.1, -0.05) is 25.5 Å². The second-order valence-corrected chi connectivity index (χ2v) is 5.50. The first-order chi connectivity index (χ1) is 12.7. The van der Waals surface area contributed by atoms with E-state index in [2.05, 4.69) is 17.5 Å². The van der Waals surface area contributed by atoms with Crippen LogP contribution in [-0.2, 0) is 4.79 Å². The summed E-state index contributed by atoms with van der Waals surface area (Å²) in [6.07, 6.45) is 3.64. The maximum atomic E-state index is 11.8. The van der Waals surface area contributed by atoms with Crippen molar-refractivity contribution in [3.63, 3.8) is 0 Å². The lowest BCUT2D eigenvalue weighted by Gasteiger charge is -2.08. The molecule has 0 saturated heterocycles. The van der Waals surface area contributed by atoms with Gasteiger partial charge in [0.05, 0.1) is 19.9 Å². The molecule has 0 aromatic heterocycles. The Morgan fingerprint density at radius 3 is 2.46 bits per heavy atom. The van der Waals surface area contributed by atoms with Crippen LogP contribution in [0.15, 0.2) is 53.6 Å². The van der Waals surface area contributed by atoms with Gasteiger partial charge in [-0.25, -0.2) is 5.43 Å². The zero-order chi connectivity index (χ0) is 18.6. The number of nitrogens with one attached hydrogen (secondary N) is 1. The van der Waals surface area contributed by atoms with E-state index in [9.17, 15) is 4.79 Å². The highest BCUT2D eigenvalue weighted by Gasteiger charge is 2.03. The lowest BCUT2D eigenvalue weighted by atomic mass is 10.2. The number of para-hydroxylation sites is 1. The normalized spacial score (nSPS) is 10.5. The predicted molar refractivity (Wildman–Crippen MR) is 101 cm³/mol. The Hall–Kier alpha value is -3.02. The van der Waals surface area contributed by atoms with Crippen molar-refractivity contribution in [1.29, 1.82) is 0 Å². The number of amides is 1. The average Bonchev–Trinajstić information content (AvgIpc) is 2.68. The van der Waals surface area contributed by atoms with Crippen LogP contribution in [-0.4, -0.2) is 32.4 Å². The van der Waals surface area contributed by atoms with E-state index in [1.807, 2.05) is 36.4 Å². The molecule has 0 fully saturated rings. The quantitative estimate of drug-likeness (QED) is 0.402. The number of carbonyl (C=O) groups is 1. The molecule has 2 aromatic carbocycles. The van der Waals surface area contributed by atoms with E-state index in [1.165, 1.54) is 6.21 Å². The van der Waals surface area contributed by atoms with Crippen molar-refractivity contribution in [2.75, 3.05) is 20.3 Å². The molecule has 0 aliphatic heterocycles. The zero-order valence-electron chi connectivity index (χ0n) is 15.1. The Morgan fingerprint density at radius 1 is 1.08 bits per heavy atom. The zero-order valence-corrected chi connectivity index (χ0v) is 15.1. The molecule has 0 spiro atoms. The minimum absolute atomic E-state index is 0.126. The number of hydrogen-bond acceptors (Lipinski definition) is 5. The minimum Gasteiger partial charge on any atom is -0.496 e. The lowest BCUT2D eigenvalue weighted by Crippen LogP contribution is -2.24. The number of benzene rings is 2. The molecule has 0 aliphatic rings. The van der Waals surface area contributed by atoms with Gasteiger partial charge in [0.25, 0.3) is 5.91 Å². The van der Waals surface area contributed by atoms with Crippen molar-refractivity contribution in [2.24, 2.45) is 5.10 Å². The maximum absolute atomic E-state index is 11.8. The highest BCUT2D eigenvalue weighted by atomic mass is 16.5.